The number of Topliss-reactive ketones (excluding diaryl/α,β-unsaturated/α-hetero) is 2. The molecule has 39 heavy (non-hydrogen) atoms. The fraction of sp³-hybridized carbons (Fsp3) is 0.323. The standard InChI is InChI=1S/C31H36N4O4/c1-22(36)30(32)25-13-11-24(12-14-25)29(37)21-33-17-20-35-18-15-26(16-19-35)39-31(38)34-28-10-6-5-9-27(28)23-7-3-2-4-8-23/h2-14,26,30,33H,15-21,32H2,1H3,(H,34,38). The molecule has 1 atom stereocenters. The van der Waals surface area contributed by atoms with Gasteiger partial charge in [0, 0.05) is 37.3 Å². The van der Waals surface area contributed by atoms with Crippen LogP contribution in [0.4, 0.5) is 10.5 Å². The molecule has 1 saturated heterocycles. The lowest BCUT2D eigenvalue weighted by Crippen LogP contribution is -2.42. The molecule has 0 saturated carbocycles. The molecule has 1 heterocycles. The summed E-state index contributed by atoms with van der Waals surface area (Å²) >= 11 is 0. The van der Waals surface area contributed by atoms with Crippen molar-refractivity contribution in [1.82, 2.24) is 10.2 Å². The summed E-state index contributed by atoms with van der Waals surface area (Å²) in [6.07, 6.45) is 0.968. The van der Waals surface area contributed by atoms with Crippen molar-refractivity contribution in [2.45, 2.75) is 31.9 Å². The number of hydrogen-bond donors (Lipinski definition) is 3. The first-order chi connectivity index (χ1) is 18.9. The maximum Gasteiger partial charge on any atom is 0.411 e. The van der Waals surface area contributed by atoms with E-state index in [0.717, 1.165) is 49.3 Å². The Hall–Kier alpha value is -3.85. The zero-order chi connectivity index (χ0) is 27.6. The van der Waals surface area contributed by atoms with Gasteiger partial charge in [-0.1, -0.05) is 72.8 Å². The van der Waals surface area contributed by atoms with Crippen molar-refractivity contribution in [2.24, 2.45) is 5.73 Å². The fourth-order valence-electron chi connectivity index (χ4n) is 4.66. The van der Waals surface area contributed by atoms with E-state index in [1.54, 1.807) is 24.3 Å². The molecule has 4 N–H and O–H groups in total. The van der Waals surface area contributed by atoms with Crippen molar-refractivity contribution < 1.29 is 19.1 Å². The van der Waals surface area contributed by atoms with Crippen LogP contribution >= 0.6 is 0 Å². The number of amides is 1. The Morgan fingerprint density at radius 1 is 0.949 bits per heavy atom. The highest BCUT2D eigenvalue weighted by molar-refractivity contribution is 5.97. The number of nitrogens with one attached hydrogen (secondary N) is 2. The zero-order valence-corrected chi connectivity index (χ0v) is 22.3. The second-order valence-corrected chi connectivity index (χ2v) is 9.79. The monoisotopic (exact) mass is 528 g/mol. The predicted octanol–water partition coefficient (Wildman–Crippen LogP) is 4.43. The Morgan fingerprint density at radius 2 is 1.62 bits per heavy atom. The third kappa shape index (κ3) is 8.07. The van der Waals surface area contributed by atoms with E-state index in [4.69, 9.17) is 10.5 Å². The van der Waals surface area contributed by atoms with Crippen LogP contribution in [0.25, 0.3) is 11.1 Å². The number of ether oxygens (including phenoxy) is 1. The van der Waals surface area contributed by atoms with Crippen LogP contribution in [-0.4, -0.2) is 61.4 Å². The number of anilines is 1. The van der Waals surface area contributed by atoms with Gasteiger partial charge in [0.25, 0.3) is 0 Å². The number of likely N-dealkylation sites (tertiary alicyclic amines) is 1. The molecule has 1 aliphatic rings. The molecule has 1 aliphatic heterocycles. The van der Waals surface area contributed by atoms with E-state index in [2.05, 4.69) is 15.5 Å². The lowest BCUT2D eigenvalue weighted by molar-refractivity contribution is -0.118. The van der Waals surface area contributed by atoms with Crippen LogP contribution in [0.5, 0.6) is 0 Å². The Morgan fingerprint density at radius 3 is 2.31 bits per heavy atom. The minimum absolute atomic E-state index is 0.00935. The largest absolute Gasteiger partial charge is 0.446 e. The van der Waals surface area contributed by atoms with Gasteiger partial charge in [0.2, 0.25) is 0 Å². The number of benzene rings is 3. The van der Waals surface area contributed by atoms with Crippen LogP contribution in [-0.2, 0) is 9.53 Å². The molecular weight excluding hydrogens is 492 g/mol. The first-order valence-electron chi connectivity index (χ1n) is 13.3. The van der Waals surface area contributed by atoms with Gasteiger partial charge in [-0.05, 0) is 37.0 Å². The van der Waals surface area contributed by atoms with E-state index in [-0.39, 0.29) is 24.2 Å². The minimum atomic E-state index is -0.660. The summed E-state index contributed by atoms with van der Waals surface area (Å²) in [6, 6.07) is 23.9. The Balaban J connectivity index is 1.14. The molecule has 0 spiro atoms. The first-order valence-corrected chi connectivity index (χ1v) is 13.3. The van der Waals surface area contributed by atoms with Crippen LogP contribution in [0.15, 0.2) is 78.9 Å². The molecule has 1 amide bonds. The van der Waals surface area contributed by atoms with Gasteiger partial charge in [0.05, 0.1) is 18.3 Å². The highest BCUT2D eigenvalue weighted by atomic mass is 16.6. The van der Waals surface area contributed by atoms with Crippen LogP contribution in [0.2, 0.25) is 0 Å². The number of nitrogens with two attached hydrogens (primary N) is 1. The van der Waals surface area contributed by atoms with Gasteiger partial charge >= 0.3 is 6.09 Å². The summed E-state index contributed by atoms with van der Waals surface area (Å²) in [5, 5.41) is 6.12. The summed E-state index contributed by atoms with van der Waals surface area (Å²) in [5.74, 6) is -0.121. The average molecular weight is 529 g/mol. The molecule has 8 nitrogen and oxygen atoms in total. The van der Waals surface area contributed by atoms with Crippen LogP contribution < -0.4 is 16.4 Å². The van der Waals surface area contributed by atoms with Gasteiger partial charge in [-0.3, -0.25) is 14.9 Å². The van der Waals surface area contributed by atoms with E-state index >= 15 is 0 Å². The normalized spacial score (nSPS) is 14.9. The van der Waals surface area contributed by atoms with Crippen molar-refractivity contribution in [3.63, 3.8) is 0 Å². The summed E-state index contributed by atoms with van der Waals surface area (Å²) in [4.78, 5) is 38.8. The van der Waals surface area contributed by atoms with Gasteiger partial charge in [-0.15, -0.1) is 0 Å². The fourth-order valence-corrected chi connectivity index (χ4v) is 4.66. The van der Waals surface area contributed by atoms with E-state index in [9.17, 15) is 14.4 Å². The summed E-state index contributed by atoms with van der Waals surface area (Å²) in [5.41, 5.74) is 9.84. The van der Waals surface area contributed by atoms with Gasteiger partial charge < -0.3 is 20.7 Å². The third-order valence-corrected chi connectivity index (χ3v) is 6.98. The average Bonchev–Trinajstić information content (AvgIpc) is 2.96. The molecule has 0 bridgehead atoms. The number of piperidine rings is 1. The van der Waals surface area contributed by atoms with Crippen LogP contribution in [0, 0.1) is 0 Å². The molecule has 0 aromatic heterocycles. The number of ketones is 2. The molecule has 1 unspecified atom stereocenters. The minimum Gasteiger partial charge on any atom is -0.446 e. The maximum absolute atomic E-state index is 12.6. The highest BCUT2D eigenvalue weighted by Gasteiger charge is 2.22. The van der Waals surface area contributed by atoms with Gasteiger partial charge in [-0.25, -0.2) is 4.79 Å². The number of nitrogens with zero attached hydrogens (tertiary/aromatic N) is 1. The third-order valence-electron chi connectivity index (χ3n) is 6.98. The second kappa shape index (κ2) is 13.8. The summed E-state index contributed by atoms with van der Waals surface area (Å²) in [6.45, 7) is 4.83. The molecular formula is C31H36N4O4. The second-order valence-electron chi connectivity index (χ2n) is 9.79. The maximum atomic E-state index is 12.6. The molecule has 0 radical (unpaired) electrons. The molecule has 3 aromatic carbocycles. The highest BCUT2D eigenvalue weighted by Crippen LogP contribution is 2.28. The van der Waals surface area contributed by atoms with Gasteiger partial charge in [-0.2, -0.15) is 0 Å². The van der Waals surface area contributed by atoms with Gasteiger partial charge in [0.15, 0.2) is 11.6 Å². The van der Waals surface area contributed by atoms with E-state index < -0.39 is 12.1 Å². The van der Waals surface area contributed by atoms with Crippen molar-refractivity contribution in [3.8, 4) is 11.1 Å². The molecule has 1 fully saturated rings. The van der Waals surface area contributed by atoms with E-state index in [1.165, 1.54) is 6.92 Å². The van der Waals surface area contributed by atoms with Crippen molar-refractivity contribution >= 4 is 23.3 Å². The Kier molecular flexibility index (Phi) is 9.97. The molecule has 4 rings (SSSR count). The van der Waals surface area contributed by atoms with Crippen molar-refractivity contribution in [1.29, 1.82) is 0 Å². The van der Waals surface area contributed by atoms with E-state index in [1.807, 2.05) is 54.6 Å². The lowest BCUT2D eigenvalue weighted by atomic mass is 10.0. The summed E-state index contributed by atoms with van der Waals surface area (Å²) in [7, 11) is 0. The van der Waals surface area contributed by atoms with Gasteiger partial charge in [0.1, 0.15) is 6.10 Å². The lowest BCUT2D eigenvalue weighted by Gasteiger charge is -2.31. The Bertz CT molecular complexity index is 1260. The topological polar surface area (TPSA) is 114 Å². The van der Waals surface area contributed by atoms with Crippen molar-refractivity contribution in [3.05, 3.63) is 90.0 Å². The first kappa shape index (κ1) is 28.2. The smallest absolute Gasteiger partial charge is 0.411 e. The number of para-hydroxylation sites is 1. The summed E-state index contributed by atoms with van der Waals surface area (Å²) < 4.78 is 5.71. The number of carbonyl (C=O) groups is 3. The molecule has 3 aromatic rings. The zero-order valence-electron chi connectivity index (χ0n) is 22.3. The van der Waals surface area contributed by atoms with E-state index in [0.29, 0.717) is 17.7 Å². The Labute approximate surface area is 229 Å². The SMILES string of the molecule is CC(=O)C(N)c1ccc(C(=O)CNCCN2CCC(OC(=O)Nc3ccccc3-c3ccccc3)CC2)cc1. The molecule has 0 aliphatic carbocycles. The molecule has 8 heteroatoms. The number of carbonyl (C=O) groups excluding carboxylic acids is 3. The van der Waals surface area contributed by atoms with Crippen LogP contribution in [0.3, 0.4) is 0 Å². The predicted molar refractivity (Wildman–Crippen MR) is 153 cm³/mol. The van der Waals surface area contributed by atoms with Crippen LogP contribution in [0.1, 0.15) is 41.7 Å². The number of rotatable bonds is 11. The van der Waals surface area contributed by atoms with Crippen molar-refractivity contribution in [2.75, 3.05) is 38.0 Å². The quantitative estimate of drug-likeness (QED) is 0.249. The molecule has 204 valence electrons. The number of hydrogen-bond acceptors (Lipinski definition) is 7.